The van der Waals surface area contributed by atoms with Gasteiger partial charge in [0.05, 0.1) is 0 Å². The smallest absolute Gasteiger partial charge is 0.0445 e. The van der Waals surface area contributed by atoms with Crippen molar-refractivity contribution in [1.82, 2.24) is 4.90 Å². The molecule has 0 aromatic heterocycles. The Labute approximate surface area is 147 Å². The summed E-state index contributed by atoms with van der Waals surface area (Å²) in [4.78, 5) is 2.54. The van der Waals surface area contributed by atoms with Crippen molar-refractivity contribution in [2.24, 2.45) is 0 Å². The molecule has 0 bridgehead atoms. The number of nitrogens with zero attached hydrogens (tertiary/aromatic N) is 1. The van der Waals surface area contributed by atoms with E-state index in [9.17, 15) is 5.11 Å². The molecule has 0 aliphatic carbocycles. The third kappa shape index (κ3) is 6.46. The van der Waals surface area contributed by atoms with Crippen molar-refractivity contribution in [3.63, 3.8) is 0 Å². The fraction of sp³-hybridized carbons (Fsp3) is 0.455. The highest BCUT2D eigenvalue weighted by Crippen LogP contribution is 2.20. The number of rotatable bonds is 11. The van der Waals surface area contributed by atoms with Crippen LogP contribution >= 0.6 is 0 Å². The molecule has 0 aliphatic heterocycles. The van der Waals surface area contributed by atoms with E-state index in [2.05, 4.69) is 72.5 Å². The Hall–Kier alpha value is -1.64. The predicted molar refractivity (Wildman–Crippen MR) is 102 cm³/mol. The van der Waals surface area contributed by atoms with Crippen LogP contribution in [0.3, 0.4) is 0 Å². The van der Waals surface area contributed by atoms with Crippen LogP contribution in [0.4, 0.5) is 0 Å². The summed E-state index contributed by atoms with van der Waals surface area (Å²) in [5.41, 5.74) is 2.68. The van der Waals surface area contributed by atoms with Gasteiger partial charge in [-0.05, 0) is 24.0 Å². The van der Waals surface area contributed by atoms with E-state index in [1.807, 2.05) is 0 Å². The lowest BCUT2D eigenvalue weighted by Gasteiger charge is -2.32. The van der Waals surface area contributed by atoms with Crippen molar-refractivity contribution in [3.8, 4) is 0 Å². The van der Waals surface area contributed by atoms with E-state index >= 15 is 0 Å². The van der Waals surface area contributed by atoms with Gasteiger partial charge in [0.2, 0.25) is 0 Å². The van der Waals surface area contributed by atoms with Crippen LogP contribution in [0.1, 0.15) is 50.2 Å². The van der Waals surface area contributed by atoms with Crippen LogP contribution in [0.25, 0.3) is 0 Å². The third-order valence-corrected chi connectivity index (χ3v) is 4.58. The minimum Gasteiger partial charge on any atom is -0.396 e. The maximum Gasteiger partial charge on any atom is 0.0445 e. The zero-order valence-corrected chi connectivity index (χ0v) is 14.9. The normalized spacial score (nSPS) is 12.5. The van der Waals surface area contributed by atoms with Gasteiger partial charge in [-0.1, -0.05) is 86.8 Å². The molecule has 2 aromatic rings. The molecule has 24 heavy (non-hydrogen) atoms. The van der Waals surface area contributed by atoms with Crippen molar-refractivity contribution in [2.75, 3.05) is 6.61 Å². The Bertz CT molecular complexity index is 499. The second-order valence-corrected chi connectivity index (χ2v) is 6.54. The van der Waals surface area contributed by atoms with Crippen LogP contribution < -0.4 is 0 Å². The van der Waals surface area contributed by atoms with Crippen LogP contribution in [-0.2, 0) is 13.1 Å². The van der Waals surface area contributed by atoms with Crippen molar-refractivity contribution >= 4 is 0 Å². The van der Waals surface area contributed by atoms with E-state index in [1.165, 1.54) is 30.4 Å². The zero-order valence-electron chi connectivity index (χ0n) is 14.9. The largest absolute Gasteiger partial charge is 0.396 e. The van der Waals surface area contributed by atoms with Gasteiger partial charge in [0.15, 0.2) is 0 Å². The lowest BCUT2D eigenvalue weighted by molar-refractivity contribution is 0.132. The molecule has 1 atom stereocenters. The molecule has 1 N–H and O–H groups in total. The topological polar surface area (TPSA) is 23.5 Å². The Morgan fingerprint density at radius 3 is 1.79 bits per heavy atom. The number of hydrogen-bond donors (Lipinski definition) is 1. The van der Waals surface area contributed by atoms with E-state index in [0.29, 0.717) is 6.04 Å². The van der Waals surface area contributed by atoms with Crippen LogP contribution in [0.15, 0.2) is 60.7 Å². The minimum absolute atomic E-state index is 0.261. The Morgan fingerprint density at radius 1 is 0.792 bits per heavy atom. The maximum atomic E-state index is 9.55. The monoisotopic (exact) mass is 325 g/mol. The Morgan fingerprint density at radius 2 is 1.33 bits per heavy atom. The molecule has 0 saturated carbocycles. The highest BCUT2D eigenvalue weighted by molar-refractivity contribution is 5.17. The molecule has 0 amide bonds. The minimum atomic E-state index is 0.261. The highest BCUT2D eigenvalue weighted by Gasteiger charge is 2.18. The first-order valence-electron chi connectivity index (χ1n) is 9.26. The van der Waals surface area contributed by atoms with Gasteiger partial charge in [0.25, 0.3) is 0 Å². The molecule has 0 saturated heterocycles. The number of benzene rings is 2. The predicted octanol–water partition coefficient (Wildman–Crippen LogP) is 5.02. The number of unbranched alkanes of at least 4 members (excludes halogenated alkanes) is 2. The first-order chi connectivity index (χ1) is 11.8. The van der Waals surface area contributed by atoms with Gasteiger partial charge < -0.3 is 5.11 Å². The second-order valence-electron chi connectivity index (χ2n) is 6.54. The lowest BCUT2D eigenvalue weighted by atomic mass is 10.0. The molecule has 0 aliphatic rings. The molecule has 0 radical (unpaired) electrons. The Kier molecular flexibility index (Phi) is 8.58. The van der Waals surface area contributed by atoms with E-state index in [1.54, 1.807) is 0 Å². The van der Waals surface area contributed by atoms with E-state index < -0.39 is 0 Å². The SMILES string of the molecule is CCCCC[C@H](CCO)N(Cc1ccccc1)Cc1ccccc1. The summed E-state index contributed by atoms with van der Waals surface area (Å²) < 4.78 is 0. The number of hydrogen-bond acceptors (Lipinski definition) is 2. The van der Waals surface area contributed by atoms with Gasteiger partial charge >= 0.3 is 0 Å². The van der Waals surface area contributed by atoms with Crippen LogP contribution in [0.5, 0.6) is 0 Å². The van der Waals surface area contributed by atoms with Crippen molar-refractivity contribution in [3.05, 3.63) is 71.8 Å². The molecule has 2 aromatic carbocycles. The van der Waals surface area contributed by atoms with Gasteiger partial charge in [0.1, 0.15) is 0 Å². The lowest BCUT2D eigenvalue weighted by Crippen LogP contribution is -2.35. The summed E-state index contributed by atoms with van der Waals surface area (Å²) in [5, 5.41) is 9.55. The molecule has 0 heterocycles. The van der Waals surface area contributed by atoms with Crippen molar-refractivity contribution in [2.45, 2.75) is 58.2 Å². The van der Waals surface area contributed by atoms with Gasteiger partial charge in [0, 0.05) is 25.7 Å². The maximum absolute atomic E-state index is 9.55. The zero-order chi connectivity index (χ0) is 17.0. The molecule has 0 unspecified atom stereocenters. The number of aliphatic hydroxyl groups is 1. The van der Waals surface area contributed by atoms with Crippen molar-refractivity contribution in [1.29, 1.82) is 0 Å². The van der Waals surface area contributed by atoms with Crippen molar-refractivity contribution < 1.29 is 5.11 Å². The summed E-state index contributed by atoms with van der Waals surface area (Å²) in [5.74, 6) is 0. The molecule has 2 heteroatoms. The fourth-order valence-corrected chi connectivity index (χ4v) is 3.24. The Balaban J connectivity index is 2.11. The molecular formula is C22H31NO. The molecule has 130 valence electrons. The highest BCUT2D eigenvalue weighted by atomic mass is 16.3. The molecule has 2 rings (SSSR count). The fourth-order valence-electron chi connectivity index (χ4n) is 3.24. The van der Waals surface area contributed by atoms with E-state index in [0.717, 1.165) is 25.9 Å². The average molecular weight is 325 g/mol. The van der Waals surface area contributed by atoms with Crippen LogP contribution in [-0.4, -0.2) is 22.7 Å². The molecule has 0 spiro atoms. The third-order valence-electron chi connectivity index (χ3n) is 4.58. The summed E-state index contributed by atoms with van der Waals surface area (Å²) in [6, 6.07) is 21.8. The van der Waals surface area contributed by atoms with E-state index in [-0.39, 0.29) is 6.61 Å². The van der Waals surface area contributed by atoms with Gasteiger partial charge in [-0.15, -0.1) is 0 Å². The van der Waals surface area contributed by atoms with Crippen LogP contribution in [0, 0.1) is 0 Å². The average Bonchev–Trinajstić information content (AvgIpc) is 2.62. The first-order valence-corrected chi connectivity index (χ1v) is 9.26. The molecule has 0 fully saturated rings. The summed E-state index contributed by atoms with van der Waals surface area (Å²) in [7, 11) is 0. The molecule has 2 nitrogen and oxygen atoms in total. The standard InChI is InChI=1S/C22H31NO/c1-2-3-6-15-22(16-17-24)23(18-20-11-7-4-8-12-20)19-21-13-9-5-10-14-21/h4-5,7-14,22,24H,2-3,6,15-19H2,1H3/t22-/m1/s1. The quantitative estimate of drug-likeness (QED) is 0.586. The second kappa shape index (κ2) is 11.0. The van der Waals surface area contributed by atoms with Gasteiger partial charge in [-0.3, -0.25) is 4.90 Å². The summed E-state index contributed by atoms with van der Waals surface area (Å²) >= 11 is 0. The number of aliphatic hydroxyl groups excluding tert-OH is 1. The van der Waals surface area contributed by atoms with Gasteiger partial charge in [-0.25, -0.2) is 0 Å². The summed E-state index contributed by atoms with van der Waals surface area (Å²) in [6.07, 6.45) is 5.76. The van der Waals surface area contributed by atoms with Gasteiger partial charge in [-0.2, -0.15) is 0 Å². The van der Waals surface area contributed by atoms with E-state index in [4.69, 9.17) is 0 Å². The van der Waals surface area contributed by atoms with Crippen LogP contribution in [0.2, 0.25) is 0 Å². The summed E-state index contributed by atoms with van der Waals surface area (Å²) in [6.45, 7) is 4.38. The first kappa shape index (κ1) is 18.7. The molecular weight excluding hydrogens is 294 g/mol.